The third kappa shape index (κ3) is 2.80. The van der Waals surface area contributed by atoms with Gasteiger partial charge < -0.3 is 4.90 Å². The lowest BCUT2D eigenvalue weighted by molar-refractivity contribution is 0.625. The van der Waals surface area contributed by atoms with E-state index < -0.39 is 0 Å². The van der Waals surface area contributed by atoms with E-state index in [1.807, 2.05) is 12.1 Å². The number of benzene rings is 1. The minimum atomic E-state index is -0.183. The molecule has 1 aliphatic carbocycles. The van der Waals surface area contributed by atoms with Crippen LogP contribution in [0.3, 0.4) is 0 Å². The molecular formula is C19H21FIN3. The number of rotatable bonds is 3. The average molecular weight is 437 g/mol. The molecular weight excluding hydrogens is 416 g/mol. The van der Waals surface area contributed by atoms with E-state index in [-0.39, 0.29) is 11.7 Å². The van der Waals surface area contributed by atoms with Gasteiger partial charge >= 0.3 is 0 Å². The van der Waals surface area contributed by atoms with E-state index in [2.05, 4.69) is 34.4 Å². The molecule has 1 aromatic carbocycles. The summed E-state index contributed by atoms with van der Waals surface area (Å²) in [6.45, 7) is 3.36. The Kier molecular flexibility index (Phi) is 4.45. The van der Waals surface area contributed by atoms with E-state index in [0.717, 1.165) is 46.7 Å². The van der Waals surface area contributed by atoms with Gasteiger partial charge in [0.05, 0.1) is 5.69 Å². The second-order valence-corrected chi connectivity index (χ2v) is 7.69. The first kappa shape index (κ1) is 16.2. The highest BCUT2D eigenvalue weighted by Gasteiger charge is 2.33. The fraction of sp³-hybridized carbons (Fsp3) is 0.474. The van der Waals surface area contributed by atoms with Crippen molar-refractivity contribution in [2.24, 2.45) is 0 Å². The number of nitrogens with zero attached hydrogens (tertiary/aromatic N) is 3. The Labute approximate surface area is 155 Å². The molecule has 2 heterocycles. The summed E-state index contributed by atoms with van der Waals surface area (Å²) in [4.78, 5) is 12.1. The molecule has 4 rings (SSSR count). The van der Waals surface area contributed by atoms with Crippen LogP contribution in [0.2, 0.25) is 0 Å². The standard InChI is InChI=1S/C19H21FIN3/c1-2-14-4-3-11-24(14)18-16-10-9-15(17(16)22-19(21)23-18)12-5-7-13(20)8-6-12/h5-8,14-15H,2-4,9-11H2,1H3. The summed E-state index contributed by atoms with van der Waals surface area (Å²) in [5, 5.41) is 0. The third-order valence-corrected chi connectivity index (χ3v) is 5.88. The number of anilines is 1. The summed E-state index contributed by atoms with van der Waals surface area (Å²) in [6, 6.07) is 7.50. The predicted octanol–water partition coefficient (Wildman–Crippen LogP) is 4.68. The van der Waals surface area contributed by atoms with Crippen LogP contribution < -0.4 is 4.90 Å². The van der Waals surface area contributed by atoms with Crippen LogP contribution in [0.5, 0.6) is 0 Å². The monoisotopic (exact) mass is 437 g/mol. The molecule has 5 heteroatoms. The number of hydrogen-bond donors (Lipinski definition) is 0. The van der Waals surface area contributed by atoms with E-state index in [9.17, 15) is 4.39 Å². The molecule has 2 aliphatic rings. The molecule has 2 aromatic rings. The van der Waals surface area contributed by atoms with Gasteiger partial charge in [0.15, 0.2) is 3.83 Å². The van der Waals surface area contributed by atoms with E-state index in [1.54, 1.807) is 12.1 Å². The SMILES string of the molecule is CCC1CCCN1c1nc(I)nc2c1CCC2c1ccc(F)cc1. The van der Waals surface area contributed by atoms with Crippen molar-refractivity contribution >= 4 is 28.4 Å². The van der Waals surface area contributed by atoms with Crippen molar-refractivity contribution in [2.45, 2.75) is 51.0 Å². The van der Waals surface area contributed by atoms with Crippen LogP contribution in [0.15, 0.2) is 24.3 Å². The molecule has 2 atom stereocenters. The Balaban J connectivity index is 1.75. The number of halogens is 2. The Morgan fingerprint density at radius 1 is 1.21 bits per heavy atom. The molecule has 1 aromatic heterocycles. The average Bonchev–Trinajstić information content (AvgIpc) is 3.21. The quantitative estimate of drug-likeness (QED) is 0.516. The summed E-state index contributed by atoms with van der Waals surface area (Å²) < 4.78 is 14.1. The smallest absolute Gasteiger partial charge is 0.192 e. The van der Waals surface area contributed by atoms with Gasteiger partial charge in [-0.25, -0.2) is 14.4 Å². The van der Waals surface area contributed by atoms with Gasteiger partial charge in [-0.2, -0.15) is 0 Å². The molecule has 126 valence electrons. The lowest BCUT2D eigenvalue weighted by atomic mass is 9.97. The highest BCUT2D eigenvalue weighted by molar-refractivity contribution is 14.1. The predicted molar refractivity (Wildman–Crippen MR) is 102 cm³/mol. The summed E-state index contributed by atoms with van der Waals surface area (Å²) in [5.41, 5.74) is 3.62. The van der Waals surface area contributed by atoms with Gasteiger partial charge in [0.1, 0.15) is 11.6 Å². The van der Waals surface area contributed by atoms with Crippen molar-refractivity contribution in [2.75, 3.05) is 11.4 Å². The van der Waals surface area contributed by atoms with E-state index in [1.165, 1.54) is 18.4 Å². The van der Waals surface area contributed by atoms with E-state index in [0.29, 0.717) is 6.04 Å². The van der Waals surface area contributed by atoms with Gasteiger partial charge in [-0.05, 0) is 49.8 Å². The normalized spacial score (nSPS) is 22.9. The maximum absolute atomic E-state index is 13.3. The van der Waals surface area contributed by atoms with E-state index >= 15 is 0 Å². The van der Waals surface area contributed by atoms with Crippen molar-refractivity contribution in [3.05, 3.63) is 50.7 Å². The van der Waals surface area contributed by atoms with Crippen molar-refractivity contribution in [1.29, 1.82) is 0 Å². The topological polar surface area (TPSA) is 29.0 Å². The van der Waals surface area contributed by atoms with Gasteiger partial charge in [-0.15, -0.1) is 0 Å². The third-order valence-electron chi connectivity index (χ3n) is 5.40. The fourth-order valence-corrected chi connectivity index (χ4v) is 4.70. The first-order valence-corrected chi connectivity index (χ1v) is 9.83. The van der Waals surface area contributed by atoms with Crippen LogP contribution in [0.25, 0.3) is 0 Å². The number of fused-ring (bicyclic) bond motifs is 1. The molecule has 0 spiro atoms. The summed E-state index contributed by atoms with van der Waals surface area (Å²) in [6.07, 6.45) is 5.71. The Morgan fingerprint density at radius 3 is 2.75 bits per heavy atom. The van der Waals surface area contributed by atoms with Crippen LogP contribution in [-0.4, -0.2) is 22.6 Å². The van der Waals surface area contributed by atoms with Gasteiger partial charge in [0, 0.05) is 46.7 Å². The number of hydrogen-bond acceptors (Lipinski definition) is 3. The van der Waals surface area contributed by atoms with Crippen LogP contribution in [0, 0.1) is 9.65 Å². The van der Waals surface area contributed by atoms with Gasteiger partial charge in [-0.1, -0.05) is 19.1 Å². The molecule has 2 unspecified atom stereocenters. The molecule has 3 nitrogen and oxygen atoms in total. The van der Waals surface area contributed by atoms with Crippen LogP contribution >= 0.6 is 22.6 Å². The fourth-order valence-electron chi connectivity index (χ4n) is 4.21. The Morgan fingerprint density at radius 2 is 2.00 bits per heavy atom. The van der Waals surface area contributed by atoms with Crippen LogP contribution in [-0.2, 0) is 6.42 Å². The van der Waals surface area contributed by atoms with Crippen molar-refractivity contribution in [1.82, 2.24) is 9.97 Å². The minimum Gasteiger partial charge on any atom is -0.353 e. The minimum absolute atomic E-state index is 0.183. The van der Waals surface area contributed by atoms with Crippen LogP contribution in [0.4, 0.5) is 10.2 Å². The molecule has 1 aliphatic heterocycles. The molecule has 0 bridgehead atoms. The lowest BCUT2D eigenvalue weighted by Gasteiger charge is -2.27. The molecule has 0 N–H and O–H groups in total. The molecule has 1 fully saturated rings. The first-order valence-electron chi connectivity index (χ1n) is 8.75. The van der Waals surface area contributed by atoms with Crippen molar-refractivity contribution < 1.29 is 4.39 Å². The zero-order valence-corrected chi connectivity index (χ0v) is 16.0. The zero-order valence-electron chi connectivity index (χ0n) is 13.8. The van der Waals surface area contributed by atoms with Gasteiger partial charge in [0.2, 0.25) is 0 Å². The largest absolute Gasteiger partial charge is 0.353 e. The van der Waals surface area contributed by atoms with Gasteiger partial charge in [-0.3, -0.25) is 0 Å². The highest BCUT2D eigenvalue weighted by atomic mass is 127. The molecule has 24 heavy (non-hydrogen) atoms. The van der Waals surface area contributed by atoms with E-state index in [4.69, 9.17) is 9.97 Å². The van der Waals surface area contributed by atoms with Crippen molar-refractivity contribution in [3.63, 3.8) is 0 Å². The highest BCUT2D eigenvalue weighted by Crippen LogP contribution is 2.42. The summed E-state index contributed by atoms with van der Waals surface area (Å²) >= 11 is 2.23. The second-order valence-electron chi connectivity index (χ2n) is 6.72. The molecule has 0 saturated carbocycles. The lowest BCUT2D eigenvalue weighted by Crippen LogP contribution is -2.30. The molecule has 0 radical (unpaired) electrons. The summed E-state index contributed by atoms with van der Waals surface area (Å²) in [7, 11) is 0. The Bertz CT molecular complexity index is 747. The first-order chi connectivity index (χ1) is 11.7. The van der Waals surface area contributed by atoms with Gasteiger partial charge in [0.25, 0.3) is 0 Å². The maximum Gasteiger partial charge on any atom is 0.192 e. The summed E-state index contributed by atoms with van der Waals surface area (Å²) in [5.74, 6) is 1.23. The van der Waals surface area contributed by atoms with Crippen LogP contribution in [0.1, 0.15) is 55.3 Å². The molecule has 0 amide bonds. The maximum atomic E-state index is 13.3. The second kappa shape index (κ2) is 6.58. The van der Waals surface area contributed by atoms with Crippen molar-refractivity contribution in [3.8, 4) is 0 Å². The number of aromatic nitrogens is 2. The zero-order chi connectivity index (χ0) is 16.7. The Hall–Kier alpha value is -1.24. The molecule has 1 saturated heterocycles.